The van der Waals surface area contributed by atoms with Gasteiger partial charge in [0, 0.05) is 24.1 Å². The van der Waals surface area contributed by atoms with Crippen LogP contribution in [0.15, 0.2) is 24.3 Å². The molecule has 0 atom stereocenters. The lowest BCUT2D eigenvalue weighted by molar-refractivity contribution is -0.117. The number of hydrogen-bond donors (Lipinski definition) is 2. The number of amides is 1. The second kappa shape index (κ2) is 7.08. The normalized spacial score (nSPS) is 16.7. The quantitative estimate of drug-likeness (QED) is 0.865. The first-order valence-corrected chi connectivity index (χ1v) is 8.12. The first-order chi connectivity index (χ1) is 10.0. The third-order valence-corrected chi connectivity index (χ3v) is 4.66. The fourth-order valence-corrected chi connectivity index (χ4v) is 2.99. The second-order valence-corrected chi connectivity index (χ2v) is 6.92. The highest BCUT2D eigenvalue weighted by Gasteiger charge is 2.19. The molecule has 21 heavy (non-hydrogen) atoms. The lowest BCUT2D eigenvalue weighted by atomic mass is 9.85. The third-order valence-electron chi connectivity index (χ3n) is 4.66. The van der Waals surface area contributed by atoms with Crippen LogP contribution in [0.3, 0.4) is 0 Å². The Morgan fingerprint density at radius 2 is 1.81 bits per heavy atom. The Kier molecular flexibility index (Phi) is 5.40. The highest BCUT2D eigenvalue weighted by molar-refractivity contribution is 5.90. The lowest BCUT2D eigenvalue weighted by Gasteiger charge is -2.23. The van der Waals surface area contributed by atoms with Crippen molar-refractivity contribution in [3.8, 4) is 0 Å². The summed E-state index contributed by atoms with van der Waals surface area (Å²) < 4.78 is 0. The number of nitrogens with one attached hydrogen (secondary N) is 1. The van der Waals surface area contributed by atoms with E-state index in [-0.39, 0.29) is 11.3 Å². The van der Waals surface area contributed by atoms with E-state index in [0.29, 0.717) is 18.9 Å². The van der Waals surface area contributed by atoms with Crippen molar-refractivity contribution < 1.29 is 4.79 Å². The molecule has 1 amide bonds. The van der Waals surface area contributed by atoms with Gasteiger partial charge in [0.25, 0.3) is 0 Å². The Labute approximate surface area is 128 Å². The van der Waals surface area contributed by atoms with Gasteiger partial charge in [0.1, 0.15) is 0 Å². The zero-order chi connectivity index (χ0) is 15.3. The van der Waals surface area contributed by atoms with Gasteiger partial charge >= 0.3 is 0 Å². The van der Waals surface area contributed by atoms with Crippen LogP contribution in [-0.2, 0) is 10.2 Å². The Morgan fingerprint density at radius 3 is 2.38 bits per heavy atom. The second-order valence-electron chi connectivity index (χ2n) is 6.92. The molecule has 3 nitrogen and oxygen atoms in total. The standard InChI is InChI=1S/C18H28N2O/c1-18(2,13-19)15-8-10-16(11-9-15)20-17(21)12-14-6-4-3-5-7-14/h8-11,14H,3-7,12-13,19H2,1-2H3,(H,20,21). The molecule has 0 bridgehead atoms. The summed E-state index contributed by atoms with van der Waals surface area (Å²) in [5.74, 6) is 0.724. The van der Waals surface area contributed by atoms with E-state index in [4.69, 9.17) is 5.73 Å². The number of benzene rings is 1. The van der Waals surface area contributed by atoms with E-state index in [1.165, 1.54) is 37.7 Å². The zero-order valence-electron chi connectivity index (χ0n) is 13.3. The van der Waals surface area contributed by atoms with Crippen molar-refractivity contribution >= 4 is 11.6 Å². The molecule has 0 aromatic heterocycles. The fraction of sp³-hybridized carbons (Fsp3) is 0.611. The maximum Gasteiger partial charge on any atom is 0.224 e. The molecule has 0 unspecified atom stereocenters. The topological polar surface area (TPSA) is 55.1 Å². The minimum absolute atomic E-state index is 0.0232. The number of nitrogens with two attached hydrogens (primary N) is 1. The van der Waals surface area contributed by atoms with E-state index in [0.717, 1.165) is 5.69 Å². The highest BCUT2D eigenvalue weighted by Crippen LogP contribution is 2.27. The van der Waals surface area contributed by atoms with E-state index >= 15 is 0 Å². The van der Waals surface area contributed by atoms with Crippen LogP contribution in [-0.4, -0.2) is 12.5 Å². The number of rotatable bonds is 5. The molecule has 0 aliphatic heterocycles. The maximum absolute atomic E-state index is 12.1. The van der Waals surface area contributed by atoms with Crippen molar-refractivity contribution in [2.45, 2.75) is 57.8 Å². The van der Waals surface area contributed by atoms with Gasteiger partial charge in [-0.3, -0.25) is 4.79 Å². The van der Waals surface area contributed by atoms with Gasteiger partial charge in [-0.15, -0.1) is 0 Å². The molecular formula is C18H28N2O. The Morgan fingerprint density at radius 1 is 1.19 bits per heavy atom. The summed E-state index contributed by atoms with van der Waals surface area (Å²) in [4.78, 5) is 12.1. The van der Waals surface area contributed by atoms with E-state index in [2.05, 4.69) is 31.3 Å². The van der Waals surface area contributed by atoms with Gasteiger partial charge in [0.2, 0.25) is 5.91 Å². The minimum atomic E-state index is -0.0232. The summed E-state index contributed by atoms with van der Waals surface area (Å²) in [7, 11) is 0. The van der Waals surface area contributed by atoms with E-state index in [9.17, 15) is 4.79 Å². The molecule has 1 aliphatic rings. The van der Waals surface area contributed by atoms with Crippen molar-refractivity contribution in [3.05, 3.63) is 29.8 Å². The summed E-state index contributed by atoms with van der Waals surface area (Å²) in [5, 5.41) is 3.02. The first kappa shape index (κ1) is 16.0. The molecule has 0 spiro atoms. The van der Waals surface area contributed by atoms with Gasteiger partial charge in [0.15, 0.2) is 0 Å². The minimum Gasteiger partial charge on any atom is -0.330 e. The van der Waals surface area contributed by atoms with Crippen molar-refractivity contribution in [2.24, 2.45) is 11.7 Å². The van der Waals surface area contributed by atoms with Crippen LogP contribution < -0.4 is 11.1 Å². The number of carbonyl (C=O) groups is 1. The molecule has 0 radical (unpaired) electrons. The summed E-state index contributed by atoms with van der Waals surface area (Å²) >= 11 is 0. The van der Waals surface area contributed by atoms with Gasteiger partial charge in [-0.05, 0) is 36.5 Å². The molecule has 0 heterocycles. The molecule has 2 rings (SSSR count). The summed E-state index contributed by atoms with van der Waals surface area (Å²) in [6.07, 6.45) is 6.96. The highest BCUT2D eigenvalue weighted by atomic mass is 16.1. The predicted molar refractivity (Wildman–Crippen MR) is 88.3 cm³/mol. The largest absolute Gasteiger partial charge is 0.330 e. The van der Waals surface area contributed by atoms with E-state index < -0.39 is 0 Å². The van der Waals surface area contributed by atoms with Crippen LogP contribution in [0.25, 0.3) is 0 Å². The first-order valence-electron chi connectivity index (χ1n) is 8.12. The molecule has 1 aromatic carbocycles. The number of anilines is 1. The lowest BCUT2D eigenvalue weighted by Crippen LogP contribution is -2.28. The molecule has 116 valence electrons. The molecule has 3 N–H and O–H groups in total. The van der Waals surface area contributed by atoms with Crippen LogP contribution >= 0.6 is 0 Å². The third kappa shape index (κ3) is 4.57. The predicted octanol–water partition coefficient (Wildman–Crippen LogP) is 3.83. The van der Waals surface area contributed by atoms with Crippen LogP contribution in [0.5, 0.6) is 0 Å². The van der Waals surface area contributed by atoms with Gasteiger partial charge in [-0.1, -0.05) is 45.2 Å². The smallest absolute Gasteiger partial charge is 0.224 e. The Balaban J connectivity index is 1.89. The van der Waals surface area contributed by atoms with Gasteiger partial charge in [-0.25, -0.2) is 0 Å². The summed E-state index contributed by atoms with van der Waals surface area (Å²) in [6, 6.07) is 8.07. The van der Waals surface area contributed by atoms with Gasteiger partial charge < -0.3 is 11.1 Å². The van der Waals surface area contributed by atoms with Crippen LogP contribution in [0.1, 0.15) is 57.9 Å². The molecule has 1 aliphatic carbocycles. The molecule has 1 saturated carbocycles. The summed E-state index contributed by atoms with van der Waals surface area (Å²) in [6.45, 7) is 4.87. The number of hydrogen-bond acceptors (Lipinski definition) is 2. The SMILES string of the molecule is CC(C)(CN)c1ccc(NC(=O)CC2CCCCC2)cc1. The fourth-order valence-electron chi connectivity index (χ4n) is 2.99. The Bertz CT molecular complexity index is 459. The number of carbonyl (C=O) groups excluding carboxylic acids is 1. The van der Waals surface area contributed by atoms with Crippen LogP contribution in [0, 0.1) is 5.92 Å². The van der Waals surface area contributed by atoms with Crippen molar-refractivity contribution in [1.82, 2.24) is 0 Å². The maximum atomic E-state index is 12.1. The van der Waals surface area contributed by atoms with Gasteiger partial charge in [0.05, 0.1) is 0 Å². The van der Waals surface area contributed by atoms with Gasteiger partial charge in [-0.2, -0.15) is 0 Å². The van der Waals surface area contributed by atoms with Crippen LogP contribution in [0.2, 0.25) is 0 Å². The van der Waals surface area contributed by atoms with Crippen molar-refractivity contribution in [2.75, 3.05) is 11.9 Å². The summed E-state index contributed by atoms with van der Waals surface area (Å²) in [5.41, 5.74) is 7.85. The zero-order valence-corrected chi connectivity index (χ0v) is 13.3. The van der Waals surface area contributed by atoms with Crippen LogP contribution in [0.4, 0.5) is 5.69 Å². The molecule has 0 saturated heterocycles. The van der Waals surface area contributed by atoms with E-state index in [1.807, 2.05) is 12.1 Å². The van der Waals surface area contributed by atoms with Crippen molar-refractivity contribution in [1.29, 1.82) is 0 Å². The Hall–Kier alpha value is -1.35. The molecule has 1 fully saturated rings. The van der Waals surface area contributed by atoms with E-state index in [1.54, 1.807) is 0 Å². The molecular weight excluding hydrogens is 260 g/mol. The molecule has 3 heteroatoms. The molecule has 1 aromatic rings. The van der Waals surface area contributed by atoms with Crippen molar-refractivity contribution in [3.63, 3.8) is 0 Å². The average Bonchev–Trinajstić information content (AvgIpc) is 2.48. The average molecular weight is 288 g/mol. The monoisotopic (exact) mass is 288 g/mol.